The largest absolute Gasteiger partial charge is 0.446 e. The third-order valence-corrected chi connectivity index (χ3v) is 5.54. The van der Waals surface area contributed by atoms with Gasteiger partial charge in [-0.1, -0.05) is 11.6 Å². The number of hydrogen-bond acceptors (Lipinski definition) is 4. The van der Waals surface area contributed by atoms with Gasteiger partial charge in [0.25, 0.3) is 0 Å². The fraction of sp³-hybridized carbons (Fsp3) is 0.476. The normalized spacial score (nSPS) is 18.8. The number of hydrogen-bond donors (Lipinski definition) is 0. The number of nitrogens with zero attached hydrogens (tertiary/aromatic N) is 4. The van der Waals surface area contributed by atoms with Crippen molar-refractivity contribution in [2.24, 2.45) is 0 Å². The molecule has 2 aliphatic rings. The van der Waals surface area contributed by atoms with Crippen LogP contribution >= 0.6 is 11.6 Å². The summed E-state index contributed by atoms with van der Waals surface area (Å²) in [5.41, 5.74) is 2.88. The van der Waals surface area contributed by atoms with Crippen LogP contribution in [0, 0.1) is 0 Å². The minimum Gasteiger partial charge on any atom is -0.446 e. The lowest BCUT2D eigenvalue weighted by Crippen LogP contribution is -2.51. The molecule has 154 valence electrons. The van der Waals surface area contributed by atoms with E-state index >= 15 is 0 Å². The summed E-state index contributed by atoms with van der Waals surface area (Å²) < 4.78 is 7.40. The predicted molar refractivity (Wildman–Crippen MR) is 113 cm³/mol. The van der Waals surface area contributed by atoms with Crippen molar-refractivity contribution in [3.63, 3.8) is 0 Å². The van der Waals surface area contributed by atoms with Gasteiger partial charge < -0.3 is 9.64 Å². The minimum absolute atomic E-state index is 0.0963. The maximum Gasteiger partial charge on any atom is 0.414 e. The molecule has 0 saturated heterocycles. The van der Waals surface area contributed by atoms with Crippen LogP contribution in [0.15, 0.2) is 24.5 Å². The van der Waals surface area contributed by atoms with Crippen molar-refractivity contribution in [2.45, 2.75) is 58.7 Å². The van der Waals surface area contributed by atoms with Gasteiger partial charge in [0.15, 0.2) is 0 Å². The first-order chi connectivity index (χ1) is 13.8. The SMILES string of the molecule is CC(=O)N1c2cc(Cl)c(-c3cnn(C4CC4)c3)cc2N(C(=O)OC(C)C)CC1C. The number of carbonyl (C=O) groups is 2. The van der Waals surface area contributed by atoms with Gasteiger partial charge in [-0.05, 0) is 45.7 Å². The van der Waals surface area contributed by atoms with Crippen LogP contribution in [0.1, 0.15) is 46.6 Å². The average molecular weight is 417 g/mol. The topological polar surface area (TPSA) is 67.7 Å². The van der Waals surface area contributed by atoms with E-state index in [2.05, 4.69) is 5.10 Å². The Bertz CT molecular complexity index is 967. The summed E-state index contributed by atoms with van der Waals surface area (Å²) in [5, 5.41) is 4.96. The fourth-order valence-corrected chi connectivity index (χ4v) is 4.06. The standard InChI is InChI=1S/C21H25ClN4O3/c1-12(2)29-21(28)24-10-13(3)26(14(4)27)20-8-18(22)17(7-19(20)24)15-9-23-25(11-15)16-5-6-16/h7-9,11-13,16H,5-6,10H2,1-4H3. The molecule has 1 aliphatic heterocycles. The van der Waals surface area contributed by atoms with E-state index < -0.39 is 6.09 Å². The highest BCUT2D eigenvalue weighted by molar-refractivity contribution is 6.34. The van der Waals surface area contributed by atoms with E-state index in [1.54, 1.807) is 22.1 Å². The summed E-state index contributed by atoms with van der Waals surface area (Å²) in [4.78, 5) is 28.4. The maximum atomic E-state index is 12.8. The second-order valence-electron chi connectivity index (χ2n) is 8.04. The van der Waals surface area contributed by atoms with Crippen molar-refractivity contribution in [2.75, 3.05) is 16.3 Å². The zero-order chi connectivity index (χ0) is 20.9. The predicted octanol–water partition coefficient (Wildman–Crippen LogP) is 4.64. The van der Waals surface area contributed by atoms with Crippen LogP contribution in [0.2, 0.25) is 5.02 Å². The fourth-order valence-electron chi connectivity index (χ4n) is 3.80. The van der Waals surface area contributed by atoms with Crippen molar-refractivity contribution in [3.05, 3.63) is 29.5 Å². The first-order valence-corrected chi connectivity index (χ1v) is 10.3. The first kappa shape index (κ1) is 19.8. The summed E-state index contributed by atoms with van der Waals surface area (Å²) in [6, 6.07) is 3.88. The Morgan fingerprint density at radius 1 is 1.24 bits per heavy atom. The molecular weight excluding hydrogens is 392 g/mol. The molecular formula is C21H25ClN4O3. The van der Waals surface area contributed by atoms with Crippen molar-refractivity contribution in [3.8, 4) is 11.1 Å². The third kappa shape index (κ3) is 3.71. The minimum atomic E-state index is -0.432. The highest BCUT2D eigenvalue weighted by Gasteiger charge is 2.35. The van der Waals surface area contributed by atoms with Crippen molar-refractivity contribution in [1.29, 1.82) is 0 Å². The molecule has 1 atom stereocenters. The van der Waals surface area contributed by atoms with Crippen LogP contribution in [0.5, 0.6) is 0 Å². The molecule has 2 heterocycles. The van der Waals surface area contributed by atoms with Gasteiger partial charge in [-0.2, -0.15) is 5.10 Å². The van der Waals surface area contributed by atoms with E-state index in [1.165, 1.54) is 6.92 Å². The number of anilines is 2. The quantitative estimate of drug-likeness (QED) is 0.730. The van der Waals surface area contributed by atoms with Gasteiger partial charge in [-0.25, -0.2) is 4.79 Å². The maximum absolute atomic E-state index is 12.8. The van der Waals surface area contributed by atoms with E-state index in [9.17, 15) is 9.59 Å². The Kier molecular flexibility index (Phi) is 5.02. The van der Waals surface area contributed by atoms with Gasteiger partial charge >= 0.3 is 6.09 Å². The molecule has 2 amide bonds. The molecule has 4 rings (SSSR count). The third-order valence-electron chi connectivity index (χ3n) is 5.23. The van der Waals surface area contributed by atoms with E-state index in [4.69, 9.17) is 16.3 Å². The highest BCUT2D eigenvalue weighted by atomic mass is 35.5. The second kappa shape index (κ2) is 7.37. The molecule has 8 heteroatoms. The zero-order valence-electron chi connectivity index (χ0n) is 17.1. The van der Waals surface area contributed by atoms with Crippen LogP contribution in [0.3, 0.4) is 0 Å². The molecule has 29 heavy (non-hydrogen) atoms. The molecule has 0 spiro atoms. The molecule has 0 bridgehead atoms. The lowest BCUT2D eigenvalue weighted by atomic mass is 10.0. The Balaban J connectivity index is 1.81. The van der Waals surface area contributed by atoms with Crippen molar-refractivity contribution in [1.82, 2.24) is 9.78 Å². The van der Waals surface area contributed by atoms with Gasteiger partial charge in [0.05, 0.1) is 40.8 Å². The summed E-state index contributed by atoms with van der Waals surface area (Å²) >= 11 is 6.62. The molecule has 1 unspecified atom stereocenters. The lowest BCUT2D eigenvalue weighted by Gasteiger charge is -2.40. The molecule has 0 N–H and O–H groups in total. The Morgan fingerprint density at radius 3 is 2.59 bits per heavy atom. The first-order valence-electron chi connectivity index (χ1n) is 9.92. The highest BCUT2D eigenvalue weighted by Crippen LogP contribution is 2.43. The number of carbonyl (C=O) groups excluding carboxylic acids is 2. The average Bonchev–Trinajstić information content (AvgIpc) is 3.37. The molecule has 1 fully saturated rings. The van der Waals surface area contributed by atoms with Crippen molar-refractivity contribution < 1.29 is 14.3 Å². The van der Waals surface area contributed by atoms with Gasteiger partial charge in [-0.3, -0.25) is 14.4 Å². The summed E-state index contributed by atoms with van der Waals surface area (Å²) in [6.45, 7) is 7.40. The molecule has 7 nitrogen and oxygen atoms in total. The number of amides is 2. The van der Waals surface area contributed by atoms with Crippen LogP contribution in [-0.2, 0) is 9.53 Å². The number of aromatic nitrogens is 2. The monoisotopic (exact) mass is 416 g/mol. The number of halogens is 1. The van der Waals surface area contributed by atoms with Crippen LogP contribution in [-0.4, -0.2) is 40.5 Å². The van der Waals surface area contributed by atoms with E-state index in [1.807, 2.05) is 37.7 Å². The number of ether oxygens (including phenoxy) is 1. The van der Waals surface area contributed by atoms with Gasteiger partial charge in [0.1, 0.15) is 0 Å². The summed E-state index contributed by atoms with van der Waals surface area (Å²) in [5.74, 6) is -0.0963. The number of fused-ring (bicyclic) bond motifs is 1. The van der Waals surface area contributed by atoms with Gasteiger partial charge in [-0.15, -0.1) is 0 Å². The Hall–Kier alpha value is -2.54. The Morgan fingerprint density at radius 2 is 1.97 bits per heavy atom. The van der Waals surface area contributed by atoms with E-state index in [-0.39, 0.29) is 18.1 Å². The molecule has 1 aliphatic carbocycles. The Labute approximate surface area is 175 Å². The lowest BCUT2D eigenvalue weighted by molar-refractivity contribution is -0.117. The van der Waals surface area contributed by atoms with Crippen molar-refractivity contribution >= 4 is 35.0 Å². The van der Waals surface area contributed by atoms with Crippen LogP contribution < -0.4 is 9.80 Å². The molecule has 0 radical (unpaired) electrons. The summed E-state index contributed by atoms with van der Waals surface area (Å²) in [6.07, 6.45) is 5.38. The van der Waals surface area contributed by atoms with Gasteiger partial charge in [0, 0.05) is 30.8 Å². The van der Waals surface area contributed by atoms with Gasteiger partial charge in [0.2, 0.25) is 5.91 Å². The molecule has 1 saturated carbocycles. The number of rotatable bonds is 3. The van der Waals surface area contributed by atoms with Crippen LogP contribution in [0.4, 0.5) is 16.2 Å². The van der Waals surface area contributed by atoms with E-state index in [0.717, 1.165) is 24.0 Å². The second-order valence-corrected chi connectivity index (χ2v) is 8.45. The van der Waals surface area contributed by atoms with E-state index in [0.29, 0.717) is 29.0 Å². The number of benzene rings is 1. The molecule has 1 aromatic carbocycles. The molecule has 1 aromatic heterocycles. The zero-order valence-corrected chi connectivity index (χ0v) is 17.8. The smallest absolute Gasteiger partial charge is 0.414 e. The van der Waals surface area contributed by atoms with Crippen LogP contribution in [0.25, 0.3) is 11.1 Å². The molecule has 2 aromatic rings. The summed E-state index contributed by atoms with van der Waals surface area (Å²) in [7, 11) is 0.